The number of aromatic amines is 1. The molecule has 1 aliphatic rings. The molecule has 2 rings (SSSR count). The van der Waals surface area contributed by atoms with Gasteiger partial charge >= 0.3 is 5.97 Å². The molecular formula is C11H15NO3. The normalized spacial score (nSPS) is 17.1. The lowest BCUT2D eigenvalue weighted by Crippen LogP contribution is -2.05. The van der Waals surface area contributed by atoms with Crippen LogP contribution in [0.15, 0.2) is 6.07 Å². The van der Waals surface area contributed by atoms with Crippen molar-refractivity contribution in [2.75, 3.05) is 0 Å². The van der Waals surface area contributed by atoms with Crippen molar-refractivity contribution >= 4 is 5.97 Å². The maximum absolute atomic E-state index is 10.5. The highest BCUT2D eigenvalue weighted by Crippen LogP contribution is 2.25. The SMILES string of the molecule is O=C(O)C[C@@H](O)c1cc2c([nH]1)CCCC2. The van der Waals surface area contributed by atoms with Crippen LogP contribution in [0.25, 0.3) is 0 Å². The zero-order valence-electron chi connectivity index (χ0n) is 8.49. The van der Waals surface area contributed by atoms with Gasteiger partial charge in [-0.2, -0.15) is 0 Å². The molecule has 0 fully saturated rings. The van der Waals surface area contributed by atoms with Gasteiger partial charge in [0.05, 0.1) is 6.42 Å². The minimum absolute atomic E-state index is 0.237. The molecule has 1 atom stereocenters. The van der Waals surface area contributed by atoms with Gasteiger partial charge in [0, 0.05) is 11.4 Å². The molecule has 1 heterocycles. The molecular weight excluding hydrogens is 194 g/mol. The Hall–Kier alpha value is -1.29. The van der Waals surface area contributed by atoms with E-state index in [1.54, 1.807) is 0 Å². The second-order valence-corrected chi connectivity index (χ2v) is 4.05. The molecule has 0 saturated carbocycles. The largest absolute Gasteiger partial charge is 0.481 e. The van der Waals surface area contributed by atoms with Gasteiger partial charge in [-0.05, 0) is 37.3 Å². The van der Waals surface area contributed by atoms with E-state index in [1.165, 1.54) is 24.1 Å². The number of nitrogens with one attached hydrogen (secondary N) is 1. The first-order chi connectivity index (χ1) is 7.16. The van der Waals surface area contributed by atoms with Crippen LogP contribution >= 0.6 is 0 Å². The predicted octanol–water partition coefficient (Wildman–Crippen LogP) is 1.40. The molecule has 0 amide bonds. The third-order valence-corrected chi connectivity index (χ3v) is 2.86. The van der Waals surface area contributed by atoms with Crippen molar-refractivity contribution in [3.63, 3.8) is 0 Å². The summed E-state index contributed by atoms with van der Waals surface area (Å²) < 4.78 is 0. The van der Waals surface area contributed by atoms with E-state index in [2.05, 4.69) is 4.98 Å². The summed E-state index contributed by atoms with van der Waals surface area (Å²) in [5.74, 6) is -0.977. The third-order valence-electron chi connectivity index (χ3n) is 2.86. The number of aliphatic hydroxyl groups is 1. The molecule has 4 heteroatoms. The van der Waals surface area contributed by atoms with E-state index < -0.39 is 12.1 Å². The van der Waals surface area contributed by atoms with Crippen LogP contribution in [-0.4, -0.2) is 21.2 Å². The van der Waals surface area contributed by atoms with Crippen LogP contribution in [0.3, 0.4) is 0 Å². The number of rotatable bonds is 3. The summed E-state index contributed by atoms with van der Waals surface area (Å²) in [7, 11) is 0. The molecule has 0 saturated heterocycles. The molecule has 82 valence electrons. The summed E-state index contributed by atoms with van der Waals surface area (Å²) in [6.45, 7) is 0. The quantitative estimate of drug-likeness (QED) is 0.704. The summed E-state index contributed by atoms with van der Waals surface area (Å²) in [5.41, 5.74) is 3.05. The van der Waals surface area contributed by atoms with Crippen molar-refractivity contribution < 1.29 is 15.0 Å². The van der Waals surface area contributed by atoms with E-state index in [4.69, 9.17) is 5.11 Å². The number of carboxylic acids is 1. The lowest BCUT2D eigenvalue weighted by atomic mass is 9.98. The first-order valence-corrected chi connectivity index (χ1v) is 5.27. The number of aromatic nitrogens is 1. The Balaban J connectivity index is 2.15. The number of hydrogen-bond donors (Lipinski definition) is 3. The first-order valence-electron chi connectivity index (χ1n) is 5.27. The monoisotopic (exact) mass is 209 g/mol. The van der Waals surface area contributed by atoms with Crippen molar-refractivity contribution in [3.8, 4) is 0 Å². The van der Waals surface area contributed by atoms with E-state index in [9.17, 15) is 9.90 Å². The minimum atomic E-state index is -0.977. The van der Waals surface area contributed by atoms with E-state index in [0.717, 1.165) is 12.8 Å². The smallest absolute Gasteiger partial charge is 0.306 e. The van der Waals surface area contributed by atoms with Crippen LogP contribution in [-0.2, 0) is 17.6 Å². The van der Waals surface area contributed by atoms with Crippen LogP contribution in [0.5, 0.6) is 0 Å². The fourth-order valence-corrected chi connectivity index (χ4v) is 2.08. The first kappa shape index (κ1) is 10.2. The van der Waals surface area contributed by atoms with Crippen molar-refractivity contribution in [1.29, 1.82) is 0 Å². The van der Waals surface area contributed by atoms with Gasteiger partial charge in [0.1, 0.15) is 6.10 Å². The maximum Gasteiger partial charge on any atom is 0.306 e. The van der Waals surface area contributed by atoms with Crippen molar-refractivity contribution in [2.24, 2.45) is 0 Å². The molecule has 0 unspecified atom stereocenters. The Kier molecular flexibility index (Phi) is 2.77. The highest BCUT2D eigenvalue weighted by molar-refractivity contribution is 5.67. The third kappa shape index (κ3) is 2.21. The number of carboxylic acid groups (broad SMARTS) is 1. The van der Waals surface area contributed by atoms with Gasteiger partial charge in [0.2, 0.25) is 0 Å². The van der Waals surface area contributed by atoms with E-state index in [1.807, 2.05) is 6.07 Å². The Labute approximate surface area is 87.9 Å². The Morgan fingerprint density at radius 1 is 1.47 bits per heavy atom. The number of aliphatic hydroxyl groups excluding tert-OH is 1. The zero-order valence-corrected chi connectivity index (χ0v) is 8.49. The molecule has 3 N–H and O–H groups in total. The lowest BCUT2D eigenvalue weighted by Gasteiger charge is -2.09. The van der Waals surface area contributed by atoms with Crippen molar-refractivity contribution in [1.82, 2.24) is 4.98 Å². The molecule has 1 aromatic rings. The summed E-state index contributed by atoms with van der Waals surface area (Å²) in [6, 6.07) is 1.90. The van der Waals surface area contributed by atoms with E-state index >= 15 is 0 Å². The van der Waals surface area contributed by atoms with Crippen molar-refractivity contribution in [3.05, 3.63) is 23.0 Å². The zero-order chi connectivity index (χ0) is 10.8. The summed E-state index contributed by atoms with van der Waals surface area (Å²) in [4.78, 5) is 13.6. The second-order valence-electron chi connectivity index (χ2n) is 4.05. The van der Waals surface area contributed by atoms with Crippen LogP contribution in [0.4, 0.5) is 0 Å². The maximum atomic E-state index is 10.5. The van der Waals surface area contributed by atoms with E-state index in [-0.39, 0.29) is 6.42 Å². The predicted molar refractivity (Wildman–Crippen MR) is 54.6 cm³/mol. The average Bonchev–Trinajstić information content (AvgIpc) is 2.59. The topological polar surface area (TPSA) is 73.3 Å². The standard InChI is InChI=1S/C11H15NO3/c13-10(6-11(14)15)9-5-7-3-1-2-4-8(7)12-9/h5,10,12-13H,1-4,6H2,(H,14,15)/t10-/m1/s1. The van der Waals surface area contributed by atoms with Gasteiger partial charge in [0.25, 0.3) is 0 Å². The molecule has 15 heavy (non-hydrogen) atoms. The van der Waals surface area contributed by atoms with Gasteiger partial charge in [-0.1, -0.05) is 0 Å². The summed E-state index contributed by atoms with van der Waals surface area (Å²) in [6.07, 6.45) is 3.25. The summed E-state index contributed by atoms with van der Waals surface area (Å²) in [5, 5.41) is 18.2. The number of H-pyrrole nitrogens is 1. The molecule has 0 aliphatic heterocycles. The van der Waals surface area contributed by atoms with Gasteiger partial charge in [-0.15, -0.1) is 0 Å². The highest BCUT2D eigenvalue weighted by atomic mass is 16.4. The second kappa shape index (κ2) is 4.06. The Morgan fingerprint density at radius 3 is 2.87 bits per heavy atom. The number of carbonyl (C=O) groups is 1. The van der Waals surface area contributed by atoms with Crippen LogP contribution in [0.2, 0.25) is 0 Å². The number of fused-ring (bicyclic) bond motifs is 1. The van der Waals surface area contributed by atoms with Crippen molar-refractivity contribution in [2.45, 2.75) is 38.2 Å². The Bertz CT molecular complexity index is 346. The van der Waals surface area contributed by atoms with Gasteiger partial charge in [-0.3, -0.25) is 4.79 Å². The molecule has 0 radical (unpaired) electrons. The number of hydrogen-bond acceptors (Lipinski definition) is 2. The number of aliphatic carboxylic acids is 1. The minimum Gasteiger partial charge on any atom is -0.481 e. The fraction of sp³-hybridized carbons (Fsp3) is 0.545. The lowest BCUT2D eigenvalue weighted by molar-refractivity contribution is -0.139. The van der Waals surface area contributed by atoms with Gasteiger partial charge < -0.3 is 15.2 Å². The molecule has 4 nitrogen and oxygen atoms in total. The fourth-order valence-electron chi connectivity index (χ4n) is 2.08. The summed E-state index contributed by atoms with van der Waals surface area (Å²) >= 11 is 0. The average molecular weight is 209 g/mol. The molecule has 0 spiro atoms. The van der Waals surface area contributed by atoms with Gasteiger partial charge in [0.15, 0.2) is 0 Å². The van der Waals surface area contributed by atoms with E-state index in [0.29, 0.717) is 5.69 Å². The molecule has 0 aromatic carbocycles. The van der Waals surface area contributed by atoms with Crippen LogP contribution < -0.4 is 0 Å². The Morgan fingerprint density at radius 2 is 2.20 bits per heavy atom. The molecule has 1 aliphatic carbocycles. The number of aryl methyl sites for hydroxylation is 2. The van der Waals surface area contributed by atoms with Crippen LogP contribution in [0.1, 0.15) is 42.3 Å². The molecule has 0 bridgehead atoms. The van der Waals surface area contributed by atoms with Crippen LogP contribution in [0, 0.1) is 0 Å². The van der Waals surface area contributed by atoms with Gasteiger partial charge in [-0.25, -0.2) is 0 Å². The molecule has 1 aromatic heterocycles. The highest BCUT2D eigenvalue weighted by Gasteiger charge is 2.18.